The Bertz CT molecular complexity index is 846. The lowest BCUT2D eigenvalue weighted by atomic mass is 9.92. The van der Waals surface area contributed by atoms with Gasteiger partial charge in [-0.05, 0) is 39.0 Å². The zero-order chi connectivity index (χ0) is 19.1. The first-order chi connectivity index (χ1) is 12.2. The predicted molar refractivity (Wildman–Crippen MR) is 98.6 cm³/mol. The normalized spacial score (nSPS) is 23.1. The van der Waals surface area contributed by atoms with E-state index in [4.69, 9.17) is 27.5 Å². The lowest BCUT2D eigenvalue weighted by molar-refractivity contribution is -0.149. The molecular formula is C20H20ClNO4. The van der Waals surface area contributed by atoms with Crippen molar-refractivity contribution < 1.29 is 19.1 Å². The van der Waals surface area contributed by atoms with Crippen LogP contribution in [0, 0.1) is 12.3 Å². The van der Waals surface area contributed by atoms with Crippen LogP contribution in [0.1, 0.15) is 39.2 Å². The van der Waals surface area contributed by atoms with E-state index in [0.717, 1.165) is 0 Å². The third kappa shape index (κ3) is 3.17. The van der Waals surface area contributed by atoms with Crippen LogP contribution in [-0.4, -0.2) is 24.0 Å². The number of terminal acetylenes is 1. The van der Waals surface area contributed by atoms with Crippen molar-refractivity contribution in [2.45, 2.75) is 44.8 Å². The van der Waals surface area contributed by atoms with Gasteiger partial charge in [-0.3, -0.25) is 9.69 Å². The average molecular weight is 374 g/mol. The zero-order valence-electron chi connectivity index (χ0n) is 15.0. The minimum atomic E-state index is -1.19. The van der Waals surface area contributed by atoms with E-state index in [1.807, 2.05) is 0 Å². The number of ether oxygens (including phenoxy) is 2. The second-order valence-corrected chi connectivity index (χ2v) is 7.77. The fraction of sp³-hybridized carbons (Fsp3) is 0.400. The molecule has 6 heteroatoms. The van der Waals surface area contributed by atoms with Crippen molar-refractivity contribution in [3.8, 4) is 12.3 Å². The van der Waals surface area contributed by atoms with Gasteiger partial charge in [0.05, 0.1) is 18.3 Å². The molecule has 1 aromatic rings. The van der Waals surface area contributed by atoms with Gasteiger partial charge >= 0.3 is 5.97 Å². The van der Waals surface area contributed by atoms with Crippen LogP contribution >= 0.6 is 11.6 Å². The number of hydrogen-bond acceptors (Lipinski definition) is 4. The van der Waals surface area contributed by atoms with Gasteiger partial charge < -0.3 is 9.47 Å². The summed E-state index contributed by atoms with van der Waals surface area (Å²) in [5, 5.41) is 0.506. The number of anilines is 1. The molecule has 1 aromatic carbocycles. The topological polar surface area (TPSA) is 55.8 Å². The molecule has 26 heavy (non-hydrogen) atoms. The van der Waals surface area contributed by atoms with E-state index in [2.05, 4.69) is 5.92 Å². The highest BCUT2D eigenvalue weighted by atomic mass is 35.5. The molecule has 0 N–H and O–H groups in total. The number of allylic oxidation sites excluding steroid dienone is 1. The molecule has 1 atom stereocenters. The Morgan fingerprint density at radius 1 is 1.50 bits per heavy atom. The highest BCUT2D eigenvalue weighted by molar-refractivity contribution is 6.31. The number of carbonyl (C=O) groups excluding carboxylic acids is 2. The smallest absolute Gasteiger partial charge is 0.334 e. The fourth-order valence-electron chi connectivity index (χ4n) is 3.29. The van der Waals surface area contributed by atoms with Crippen molar-refractivity contribution in [3.05, 3.63) is 40.6 Å². The van der Waals surface area contributed by atoms with Gasteiger partial charge in [0.15, 0.2) is 0 Å². The molecule has 0 saturated carbocycles. The van der Waals surface area contributed by atoms with Crippen molar-refractivity contribution in [1.82, 2.24) is 0 Å². The zero-order valence-corrected chi connectivity index (χ0v) is 15.7. The largest absolute Gasteiger partial charge is 0.477 e. The molecule has 136 valence electrons. The number of rotatable bonds is 2. The molecule has 1 amide bonds. The molecule has 1 unspecified atom stereocenters. The number of amides is 1. The molecule has 0 bridgehead atoms. The number of hydrogen-bond donors (Lipinski definition) is 0. The van der Waals surface area contributed by atoms with Gasteiger partial charge in [0, 0.05) is 23.4 Å². The van der Waals surface area contributed by atoms with E-state index >= 15 is 0 Å². The maximum atomic E-state index is 13.1. The number of esters is 1. The van der Waals surface area contributed by atoms with Crippen LogP contribution in [0.2, 0.25) is 5.02 Å². The van der Waals surface area contributed by atoms with Crippen molar-refractivity contribution in [2.24, 2.45) is 0 Å². The quantitative estimate of drug-likeness (QED) is 0.452. The van der Waals surface area contributed by atoms with Gasteiger partial charge in [-0.15, -0.1) is 6.42 Å². The monoisotopic (exact) mass is 373 g/mol. The average Bonchev–Trinajstić information content (AvgIpc) is 3.03. The van der Waals surface area contributed by atoms with Gasteiger partial charge in [0.2, 0.25) is 5.60 Å². The lowest BCUT2D eigenvalue weighted by Gasteiger charge is -2.23. The van der Waals surface area contributed by atoms with Crippen LogP contribution in [0.5, 0.6) is 0 Å². The molecule has 2 heterocycles. The van der Waals surface area contributed by atoms with Crippen LogP contribution in [0.4, 0.5) is 5.69 Å². The third-order valence-corrected chi connectivity index (χ3v) is 4.47. The van der Waals surface area contributed by atoms with Crippen molar-refractivity contribution >= 4 is 29.2 Å². The Labute approximate surface area is 157 Å². The summed E-state index contributed by atoms with van der Waals surface area (Å²) in [6.07, 6.45) is 7.58. The Hall–Kier alpha value is -2.45. The molecule has 3 rings (SSSR count). The molecular weight excluding hydrogens is 354 g/mol. The standard InChI is InChI=1S/C20H20ClNO4/c1-5-10-22-16-7-6-13(21)11-15(16)20(18(22)24)9-8-14(25-20)12-17(23)26-19(2,3)4/h1,6-7,11-12H,8-10H2,2-4H3/b14-12+. The number of nitrogens with zero attached hydrogens (tertiary/aromatic N) is 1. The minimum absolute atomic E-state index is 0.143. The summed E-state index contributed by atoms with van der Waals surface area (Å²) < 4.78 is 11.3. The summed E-state index contributed by atoms with van der Waals surface area (Å²) in [7, 11) is 0. The summed E-state index contributed by atoms with van der Waals surface area (Å²) in [5.41, 5.74) is -0.420. The number of benzene rings is 1. The first kappa shape index (κ1) is 18.3. The highest BCUT2D eigenvalue weighted by Crippen LogP contribution is 2.51. The molecule has 1 saturated heterocycles. The summed E-state index contributed by atoms with van der Waals surface area (Å²) in [4.78, 5) is 26.6. The fourth-order valence-corrected chi connectivity index (χ4v) is 3.46. The number of halogens is 1. The van der Waals surface area contributed by atoms with Crippen molar-refractivity contribution in [1.29, 1.82) is 0 Å². The van der Waals surface area contributed by atoms with E-state index in [9.17, 15) is 9.59 Å². The lowest BCUT2D eigenvalue weighted by Crippen LogP contribution is -2.39. The molecule has 0 aliphatic carbocycles. The van der Waals surface area contributed by atoms with E-state index in [0.29, 0.717) is 34.9 Å². The van der Waals surface area contributed by atoms with Crippen LogP contribution in [-0.2, 0) is 24.7 Å². The molecule has 5 nitrogen and oxygen atoms in total. The molecule has 0 radical (unpaired) electrons. The number of fused-ring (bicyclic) bond motifs is 2. The van der Waals surface area contributed by atoms with Gasteiger partial charge in [-0.25, -0.2) is 4.79 Å². The van der Waals surface area contributed by atoms with Gasteiger partial charge in [-0.1, -0.05) is 17.5 Å². The molecule has 0 aromatic heterocycles. The second-order valence-electron chi connectivity index (χ2n) is 7.33. The first-order valence-corrected chi connectivity index (χ1v) is 8.72. The molecule has 1 fully saturated rings. The van der Waals surface area contributed by atoms with Crippen LogP contribution in [0.3, 0.4) is 0 Å². The maximum Gasteiger partial charge on any atom is 0.334 e. The molecule has 2 aliphatic rings. The molecule has 1 spiro atoms. The SMILES string of the molecule is C#CCN1C(=O)C2(CC/C(=C\C(=O)OC(C)(C)C)O2)c2cc(Cl)ccc21. The minimum Gasteiger partial charge on any atom is -0.477 e. The van der Waals surface area contributed by atoms with E-state index in [1.165, 1.54) is 11.0 Å². The molecule has 2 aliphatic heterocycles. The van der Waals surface area contributed by atoms with Crippen LogP contribution < -0.4 is 4.90 Å². The van der Waals surface area contributed by atoms with Crippen LogP contribution in [0.25, 0.3) is 0 Å². The maximum absolute atomic E-state index is 13.1. The number of carbonyl (C=O) groups is 2. The first-order valence-electron chi connectivity index (χ1n) is 8.34. The van der Waals surface area contributed by atoms with E-state index in [1.54, 1.807) is 39.0 Å². The van der Waals surface area contributed by atoms with Gasteiger partial charge in [0.1, 0.15) is 11.4 Å². The summed E-state index contributed by atoms with van der Waals surface area (Å²) >= 11 is 6.14. The van der Waals surface area contributed by atoms with Crippen molar-refractivity contribution in [2.75, 3.05) is 11.4 Å². The Morgan fingerprint density at radius 3 is 2.88 bits per heavy atom. The predicted octanol–water partition coefficient (Wildman–Crippen LogP) is 3.55. The Balaban J connectivity index is 1.94. The van der Waals surface area contributed by atoms with Gasteiger partial charge in [0.25, 0.3) is 5.91 Å². The second kappa shape index (κ2) is 6.37. The van der Waals surface area contributed by atoms with E-state index < -0.39 is 17.2 Å². The van der Waals surface area contributed by atoms with Crippen molar-refractivity contribution in [3.63, 3.8) is 0 Å². The highest BCUT2D eigenvalue weighted by Gasteiger charge is 2.56. The Kier molecular flexibility index (Phi) is 4.49. The van der Waals surface area contributed by atoms with Crippen LogP contribution in [0.15, 0.2) is 30.0 Å². The summed E-state index contributed by atoms with van der Waals surface area (Å²) in [6, 6.07) is 5.20. The summed E-state index contributed by atoms with van der Waals surface area (Å²) in [6.45, 7) is 5.51. The summed E-state index contributed by atoms with van der Waals surface area (Å²) in [5.74, 6) is 2.18. The Morgan fingerprint density at radius 2 is 2.23 bits per heavy atom. The third-order valence-electron chi connectivity index (χ3n) is 4.24. The van der Waals surface area contributed by atoms with Gasteiger partial charge in [-0.2, -0.15) is 0 Å². The van der Waals surface area contributed by atoms with E-state index in [-0.39, 0.29) is 12.5 Å².